The number of carbonyl (C=O) groups is 2. The molecule has 108 valence electrons. The van der Waals surface area contributed by atoms with E-state index in [0.29, 0.717) is 12.3 Å². The summed E-state index contributed by atoms with van der Waals surface area (Å²) in [6.45, 7) is 2.12. The lowest BCUT2D eigenvalue weighted by atomic mass is 10.1. The second-order valence-electron chi connectivity index (χ2n) is 4.74. The first-order valence-corrected chi connectivity index (χ1v) is 6.54. The van der Waals surface area contributed by atoms with Crippen LogP contribution in [0.25, 0.3) is 0 Å². The van der Waals surface area contributed by atoms with Crippen LogP contribution >= 0.6 is 0 Å². The SMILES string of the molecule is CC1OCCC1NC(=O)N(CC(=O)O)c1ccccc1. The summed E-state index contributed by atoms with van der Waals surface area (Å²) in [6.07, 6.45) is 0.684. The van der Waals surface area contributed by atoms with Crippen LogP contribution in [0.5, 0.6) is 0 Å². The molecule has 1 fully saturated rings. The van der Waals surface area contributed by atoms with Gasteiger partial charge in [0, 0.05) is 12.3 Å². The fourth-order valence-electron chi connectivity index (χ4n) is 2.18. The maximum Gasteiger partial charge on any atom is 0.323 e. The van der Waals surface area contributed by atoms with Crippen LogP contribution in [0.15, 0.2) is 30.3 Å². The molecule has 6 heteroatoms. The van der Waals surface area contributed by atoms with E-state index in [4.69, 9.17) is 9.84 Å². The molecule has 0 aliphatic carbocycles. The van der Waals surface area contributed by atoms with Gasteiger partial charge in [-0.15, -0.1) is 0 Å². The predicted octanol–water partition coefficient (Wildman–Crippen LogP) is 1.46. The van der Waals surface area contributed by atoms with Crippen molar-refractivity contribution in [1.29, 1.82) is 0 Å². The van der Waals surface area contributed by atoms with Gasteiger partial charge in [0.1, 0.15) is 6.54 Å². The Hall–Kier alpha value is -2.08. The van der Waals surface area contributed by atoms with Crippen molar-refractivity contribution < 1.29 is 19.4 Å². The summed E-state index contributed by atoms with van der Waals surface area (Å²) >= 11 is 0. The van der Waals surface area contributed by atoms with E-state index in [1.165, 1.54) is 4.90 Å². The van der Waals surface area contributed by atoms with Gasteiger partial charge in [-0.1, -0.05) is 18.2 Å². The molecule has 1 aliphatic heterocycles. The Morgan fingerprint density at radius 2 is 2.10 bits per heavy atom. The van der Waals surface area contributed by atoms with Gasteiger partial charge in [0.15, 0.2) is 0 Å². The number of rotatable bonds is 4. The molecule has 2 N–H and O–H groups in total. The largest absolute Gasteiger partial charge is 0.480 e. The van der Waals surface area contributed by atoms with Crippen molar-refractivity contribution in [3.05, 3.63) is 30.3 Å². The van der Waals surface area contributed by atoms with E-state index in [1.807, 2.05) is 13.0 Å². The minimum absolute atomic E-state index is 0.0543. The van der Waals surface area contributed by atoms with Gasteiger partial charge >= 0.3 is 12.0 Å². The van der Waals surface area contributed by atoms with Crippen molar-refractivity contribution in [2.75, 3.05) is 18.1 Å². The molecule has 0 spiro atoms. The zero-order valence-corrected chi connectivity index (χ0v) is 11.3. The van der Waals surface area contributed by atoms with Crippen molar-refractivity contribution in [3.8, 4) is 0 Å². The Bertz CT molecular complexity index is 477. The van der Waals surface area contributed by atoms with E-state index in [0.717, 1.165) is 6.42 Å². The second-order valence-corrected chi connectivity index (χ2v) is 4.74. The zero-order valence-electron chi connectivity index (χ0n) is 11.3. The predicted molar refractivity (Wildman–Crippen MR) is 73.8 cm³/mol. The molecule has 2 amide bonds. The van der Waals surface area contributed by atoms with Gasteiger partial charge in [-0.2, -0.15) is 0 Å². The van der Waals surface area contributed by atoms with Crippen LogP contribution in [0.1, 0.15) is 13.3 Å². The second kappa shape index (κ2) is 6.38. The first-order valence-electron chi connectivity index (χ1n) is 6.54. The number of hydrogen-bond acceptors (Lipinski definition) is 3. The van der Waals surface area contributed by atoms with Gasteiger partial charge in [0.25, 0.3) is 0 Å². The molecule has 1 saturated heterocycles. The van der Waals surface area contributed by atoms with E-state index in [1.54, 1.807) is 24.3 Å². The number of carboxylic acid groups (broad SMARTS) is 1. The first-order chi connectivity index (χ1) is 9.58. The van der Waals surface area contributed by atoms with Gasteiger partial charge in [-0.05, 0) is 25.5 Å². The summed E-state index contributed by atoms with van der Waals surface area (Å²) in [7, 11) is 0. The Morgan fingerprint density at radius 3 is 2.65 bits per heavy atom. The van der Waals surface area contributed by atoms with Crippen molar-refractivity contribution >= 4 is 17.7 Å². The van der Waals surface area contributed by atoms with Crippen molar-refractivity contribution in [1.82, 2.24) is 5.32 Å². The molecule has 0 saturated carbocycles. The fourth-order valence-corrected chi connectivity index (χ4v) is 2.18. The molecule has 2 unspecified atom stereocenters. The number of carbonyl (C=O) groups excluding carboxylic acids is 1. The molecule has 1 heterocycles. The summed E-state index contributed by atoms with van der Waals surface area (Å²) in [4.78, 5) is 24.4. The quantitative estimate of drug-likeness (QED) is 0.874. The highest BCUT2D eigenvalue weighted by atomic mass is 16.5. The molecule has 0 bridgehead atoms. The number of nitrogens with zero attached hydrogens (tertiary/aromatic N) is 1. The lowest BCUT2D eigenvalue weighted by Gasteiger charge is -2.24. The van der Waals surface area contributed by atoms with E-state index >= 15 is 0 Å². The summed E-state index contributed by atoms with van der Waals surface area (Å²) in [6, 6.07) is 8.25. The lowest BCUT2D eigenvalue weighted by Crippen LogP contribution is -2.48. The van der Waals surface area contributed by atoms with Gasteiger partial charge in [0.05, 0.1) is 12.1 Å². The number of aliphatic carboxylic acids is 1. The number of ether oxygens (including phenoxy) is 1. The Labute approximate surface area is 117 Å². The highest BCUT2D eigenvalue weighted by molar-refractivity contribution is 5.96. The van der Waals surface area contributed by atoms with Crippen LogP contribution in [-0.4, -0.2) is 42.4 Å². The van der Waals surface area contributed by atoms with Crippen LogP contribution in [0.2, 0.25) is 0 Å². The summed E-state index contributed by atoms with van der Waals surface area (Å²) < 4.78 is 5.38. The molecule has 0 aromatic heterocycles. The zero-order chi connectivity index (χ0) is 14.5. The normalized spacial score (nSPS) is 21.4. The highest BCUT2D eigenvalue weighted by Crippen LogP contribution is 2.16. The van der Waals surface area contributed by atoms with Crippen LogP contribution in [0.4, 0.5) is 10.5 Å². The van der Waals surface area contributed by atoms with Crippen molar-refractivity contribution in [2.24, 2.45) is 0 Å². The van der Waals surface area contributed by atoms with Crippen molar-refractivity contribution in [2.45, 2.75) is 25.5 Å². The van der Waals surface area contributed by atoms with Gasteiger partial charge < -0.3 is 15.2 Å². The molecular weight excluding hydrogens is 260 g/mol. The molecule has 6 nitrogen and oxygen atoms in total. The van der Waals surface area contributed by atoms with E-state index in [9.17, 15) is 9.59 Å². The number of benzene rings is 1. The first kappa shape index (κ1) is 14.3. The number of para-hydroxylation sites is 1. The van der Waals surface area contributed by atoms with Crippen LogP contribution in [0, 0.1) is 0 Å². The number of hydrogen-bond donors (Lipinski definition) is 2. The van der Waals surface area contributed by atoms with E-state index in [2.05, 4.69) is 5.32 Å². The summed E-state index contributed by atoms with van der Waals surface area (Å²) in [5.41, 5.74) is 0.555. The topological polar surface area (TPSA) is 78.9 Å². The average Bonchev–Trinajstić information content (AvgIpc) is 2.82. The number of anilines is 1. The minimum atomic E-state index is -1.06. The molecule has 0 radical (unpaired) electrons. The summed E-state index contributed by atoms with van der Waals surface area (Å²) in [5.74, 6) is -1.06. The van der Waals surface area contributed by atoms with Gasteiger partial charge in [-0.3, -0.25) is 9.69 Å². The van der Waals surface area contributed by atoms with Crippen LogP contribution in [0.3, 0.4) is 0 Å². The van der Waals surface area contributed by atoms with Gasteiger partial charge in [-0.25, -0.2) is 4.79 Å². The molecule has 1 aromatic carbocycles. The molecule has 1 aliphatic rings. The third kappa shape index (κ3) is 3.48. The molecule has 2 atom stereocenters. The molecule has 20 heavy (non-hydrogen) atoms. The van der Waals surface area contributed by atoms with Crippen LogP contribution in [-0.2, 0) is 9.53 Å². The van der Waals surface area contributed by atoms with Crippen LogP contribution < -0.4 is 10.2 Å². The maximum atomic E-state index is 12.3. The number of carboxylic acids is 1. The smallest absolute Gasteiger partial charge is 0.323 e. The molecule has 2 rings (SSSR count). The van der Waals surface area contributed by atoms with Crippen molar-refractivity contribution in [3.63, 3.8) is 0 Å². The molecular formula is C14H18N2O4. The highest BCUT2D eigenvalue weighted by Gasteiger charge is 2.28. The van der Waals surface area contributed by atoms with E-state index in [-0.39, 0.29) is 18.7 Å². The van der Waals surface area contributed by atoms with Gasteiger partial charge in [0.2, 0.25) is 0 Å². The third-order valence-corrected chi connectivity index (χ3v) is 3.29. The Morgan fingerprint density at radius 1 is 1.40 bits per heavy atom. The number of urea groups is 1. The Balaban J connectivity index is 2.10. The standard InChI is InChI=1S/C14H18N2O4/c1-10-12(7-8-20-10)15-14(19)16(9-13(17)18)11-5-3-2-4-6-11/h2-6,10,12H,7-9H2,1H3,(H,15,19)(H,17,18). The third-order valence-electron chi connectivity index (χ3n) is 3.29. The number of amides is 2. The average molecular weight is 278 g/mol. The maximum absolute atomic E-state index is 12.3. The molecule has 1 aromatic rings. The lowest BCUT2D eigenvalue weighted by molar-refractivity contribution is -0.135. The fraction of sp³-hybridized carbons (Fsp3) is 0.429. The number of nitrogens with one attached hydrogen (secondary N) is 1. The monoisotopic (exact) mass is 278 g/mol. The summed E-state index contributed by atoms with van der Waals surface area (Å²) in [5, 5.41) is 11.8. The minimum Gasteiger partial charge on any atom is -0.480 e. The Kier molecular flexibility index (Phi) is 4.57. The van der Waals surface area contributed by atoms with E-state index < -0.39 is 12.0 Å².